The number of halogens is 2. The zero-order chi connectivity index (χ0) is 11.5. The van der Waals surface area contributed by atoms with Crippen molar-refractivity contribution < 1.29 is 8.78 Å². The van der Waals surface area contributed by atoms with Crippen molar-refractivity contribution in [3.63, 3.8) is 0 Å². The van der Waals surface area contributed by atoms with Crippen molar-refractivity contribution >= 4 is 18.2 Å². The van der Waals surface area contributed by atoms with Gasteiger partial charge < -0.3 is 0 Å². The number of nitrogens with zero attached hydrogens (tertiary/aromatic N) is 1. The van der Waals surface area contributed by atoms with E-state index in [-0.39, 0.29) is 10.3 Å². The molecule has 0 saturated carbocycles. The third-order valence-electron chi connectivity index (χ3n) is 1.51. The van der Waals surface area contributed by atoms with Gasteiger partial charge in [0.05, 0.1) is 5.56 Å². The van der Waals surface area contributed by atoms with Crippen molar-refractivity contribution in [3.05, 3.63) is 35.4 Å². The maximum atomic E-state index is 13.1. The Morgan fingerprint density at radius 1 is 1.20 bits per heavy atom. The highest BCUT2D eigenvalue weighted by Crippen LogP contribution is 2.24. The maximum Gasteiger partial charge on any atom is 0.134 e. The van der Waals surface area contributed by atoms with Gasteiger partial charge in [0.2, 0.25) is 0 Å². The second-order valence-electron chi connectivity index (χ2n) is 4.07. The van der Waals surface area contributed by atoms with Crippen LogP contribution in [0.3, 0.4) is 0 Å². The molecule has 1 aromatic carbocycles. The molecule has 0 N–H and O–H groups in total. The molecule has 0 atom stereocenters. The quantitative estimate of drug-likeness (QED) is 0.554. The molecule has 0 amide bonds. The fraction of sp³-hybridized carbons (Fsp3) is 0.364. The molecule has 82 valence electrons. The summed E-state index contributed by atoms with van der Waals surface area (Å²) in [6, 6.07) is 3.76. The molecule has 1 aromatic rings. The van der Waals surface area contributed by atoms with Crippen LogP contribution in [0.4, 0.5) is 8.78 Å². The van der Waals surface area contributed by atoms with Crippen molar-refractivity contribution in [2.45, 2.75) is 25.5 Å². The Labute approximate surface area is 92.7 Å². The molecule has 0 aliphatic rings. The molecule has 0 radical (unpaired) electrons. The second-order valence-corrected chi connectivity index (χ2v) is 5.69. The lowest BCUT2D eigenvalue weighted by Gasteiger charge is -2.12. The normalized spacial score (nSPS) is 12.3. The summed E-state index contributed by atoms with van der Waals surface area (Å²) in [6.07, 6.45) is 1.22. The van der Waals surface area contributed by atoms with Gasteiger partial charge in [-0.2, -0.15) is 0 Å². The summed E-state index contributed by atoms with van der Waals surface area (Å²) < 4.78 is 30.1. The Kier molecular flexibility index (Phi) is 3.85. The minimum absolute atomic E-state index is 0.0573. The molecular weight excluding hydrogens is 216 g/mol. The average molecular weight is 229 g/mol. The molecule has 0 unspecified atom stereocenters. The predicted molar refractivity (Wildman–Crippen MR) is 61.3 cm³/mol. The molecule has 4 heteroatoms. The predicted octanol–water partition coefficient (Wildman–Crippen LogP) is 3.83. The Hall–Kier alpha value is -0.900. The second kappa shape index (κ2) is 4.75. The van der Waals surface area contributed by atoms with Crippen molar-refractivity contribution in [2.75, 3.05) is 0 Å². The fourth-order valence-electron chi connectivity index (χ4n) is 0.871. The van der Waals surface area contributed by atoms with Gasteiger partial charge in [-0.1, -0.05) is 6.07 Å². The van der Waals surface area contributed by atoms with E-state index in [2.05, 4.69) is 4.40 Å². The van der Waals surface area contributed by atoms with Gasteiger partial charge in [0.15, 0.2) is 0 Å². The zero-order valence-electron chi connectivity index (χ0n) is 8.92. The van der Waals surface area contributed by atoms with E-state index in [4.69, 9.17) is 0 Å². The first-order valence-corrected chi connectivity index (χ1v) is 5.33. The smallest absolute Gasteiger partial charge is 0.134 e. The van der Waals surface area contributed by atoms with E-state index in [1.807, 2.05) is 20.8 Å². The van der Waals surface area contributed by atoms with Crippen LogP contribution in [0.15, 0.2) is 22.6 Å². The van der Waals surface area contributed by atoms with E-state index >= 15 is 0 Å². The summed E-state index contributed by atoms with van der Waals surface area (Å²) in [5.74, 6) is -1.18. The molecular formula is C11H13F2NS. The van der Waals surface area contributed by atoms with Gasteiger partial charge >= 0.3 is 0 Å². The molecule has 0 aliphatic heterocycles. The van der Waals surface area contributed by atoms with E-state index in [0.29, 0.717) is 0 Å². The van der Waals surface area contributed by atoms with Crippen LogP contribution in [0.1, 0.15) is 26.3 Å². The van der Waals surface area contributed by atoms with E-state index in [1.54, 1.807) is 0 Å². The standard InChI is InChI=1S/C11H13F2NS/c1-11(2,3)15-14-7-8-9(12)5-4-6-10(8)13/h4-7H,1-3H3. The topological polar surface area (TPSA) is 12.4 Å². The monoisotopic (exact) mass is 229 g/mol. The Morgan fingerprint density at radius 2 is 1.73 bits per heavy atom. The SMILES string of the molecule is CC(C)(C)SN=Cc1c(F)cccc1F. The van der Waals surface area contributed by atoms with E-state index in [1.165, 1.54) is 36.4 Å². The third kappa shape index (κ3) is 4.00. The van der Waals surface area contributed by atoms with Crippen LogP contribution in [0.25, 0.3) is 0 Å². The summed E-state index contributed by atoms with van der Waals surface area (Å²) in [5, 5.41) is 0. The molecule has 0 bridgehead atoms. The lowest BCUT2D eigenvalue weighted by molar-refractivity contribution is 0.580. The molecule has 15 heavy (non-hydrogen) atoms. The molecule has 0 aromatic heterocycles. The molecule has 0 fully saturated rings. The van der Waals surface area contributed by atoms with E-state index in [0.717, 1.165) is 0 Å². The highest BCUT2D eigenvalue weighted by Gasteiger charge is 2.10. The van der Waals surface area contributed by atoms with Crippen LogP contribution in [-0.2, 0) is 0 Å². The van der Waals surface area contributed by atoms with Gasteiger partial charge in [-0.05, 0) is 44.9 Å². The van der Waals surface area contributed by atoms with Gasteiger partial charge in [0.25, 0.3) is 0 Å². The van der Waals surface area contributed by atoms with Crippen LogP contribution in [0.5, 0.6) is 0 Å². The average Bonchev–Trinajstić information content (AvgIpc) is 2.08. The van der Waals surface area contributed by atoms with Crippen LogP contribution in [0, 0.1) is 11.6 Å². The first-order valence-electron chi connectivity index (χ1n) is 4.56. The number of benzene rings is 1. The van der Waals surface area contributed by atoms with Gasteiger partial charge in [-0.15, -0.1) is 0 Å². The molecule has 0 aliphatic carbocycles. The van der Waals surface area contributed by atoms with E-state index in [9.17, 15) is 8.78 Å². The summed E-state index contributed by atoms with van der Waals surface area (Å²) in [5.41, 5.74) is -0.0887. The van der Waals surface area contributed by atoms with Crippen molar-refractivity contribution in [2.24, 2.45) is 4.40 Å². The van der Waals surface area contributed by atoms with Crippen LogP contribution < -0.4 is 0 Å². The largest absolute Gasteiger partial charge is 0.223 e. The minimum atomic E-state index is -0.590. The molecule has 1 rings (SSSR count). The lowest BCUT2D eigenvalue weighted by Crippen LogP contribution is -2.05. The van der Waals surface area contributed by atoms with Crippen molar-refractivity contribution in [1.82, 2.24) is 0 Å². The number of rotatable bonds is 2. The highest BCUT2D eigenvalue weighted by molar-refractivity contribution is 7.99. The van der Waals surface area contributed by atoms with Crippen LogP contribution >= 0.6 is 11.9 Å². The first kappa shape index (κ1) is 12.2. The Morgan fingerprint density at radius 3 is 2.20 bits per heavy atom. The van der Waals surface area contributed by atoms with Gasteiger partial charge in [0, 0.05) is 11.0 Å². The number of hydrogen-bond donors (Lipinski definition) is 0. The van der Waals surface area contributed by atoms with Crippen molar-refractivity contribution in [1.29, 1.82) is 0 Å². The Bertz CT molecular complexity index is 349. The zero-order valence-corrected chi connectivity index (χ0v) is 9.74. The maximum absolute atomic E-state index is 13.1. The van der Waals surface area contributed by atoms with Gasteiger partial charge in [0.1, 0.15) is 11.6 Å². The molecule has 0 heterocycles. The minimum Gasteiger partial charge on any atom is -0.223 e. The van der Waals surface area contributed by atoms with Crippen LogP contribution in [-0.4, -0.2) is 11.0 Å². The summed E-state index contributed by atoms with van der Waals surface area (Å²) in [6.45, 7) is 5.94. The van der Waals surface area contributed by atoms with Gasteiger partial charge in [-0.25, -0.2) is 13.2 Å². The van der Waals surface area contributed by atoms with E-state index < -0.39 is 11.6 Å². The Balaban J connectivity index is 2.81. The van der Waals surface area contributed by atoms with Gasteiger partial charge in [-0.3, -0.25) is 0 Å². The lowest BCUT2D eigenvalue weighted by atomic mass is 10.2. The summed E-state index contributed by atoms with van der Waals surface area (Å²) >= 11 is 1.28. The van der Waals surface area contributed by atoms with Crippen molar-refractivity contribution in [3.8, 4) is 0 Å². The molecule has 0 spiro atoms. The molecule has 1 nitrogen and oxygen atoms in total. The van der Waals surface area contributed by atoms with Crippen LogP contribution in [0.2, 0.25) is 0 Å². The highest BCUT2D eigenvalue weighted by atomic mass is 32.2. The first-order chi connectivity index (χ1) is 6.90. The fourth-order valence-corrected chi connectivity index (χ4v) is 1.35. The summed E-state index contributed by atoms with van der Waals surface area (Å²) in [4.78, 5) is 0. The molecule has 0 saturated heterocycles. The number of hydrogen-bond acceptors (Lipinski definition) is 2. The summed E-state index contributed by atoms with van der Waals surface area (Å²) in [7, 11) is 0. The third-order valence-corrected chi connectivity index (χ3v) is 2.27.